The Kier molecular flexibility index (Phi) is 7.11. The smallest absolute Gasteiger partial charge is 0.875 e. The third-order valence-corrected chi connectivity index (χ3v) is 9.71. The molecule has 4 aliphatic rings. The molecule has 39 heavy (non-hydrogen) atoms. The molecule has 2 unspecified atom stereocenters. The van der Waals surface area contributed by atoms with E-state index in [4.69, 9.17) is 0 Å². The van der Waals surface area contributed by atoms with Crippen LogP contribution in [0.3, 0.4) is 0 Å². The average Bonchev–Trinajstić information content (AvgIpc) is 3.45. The maximum atomic E-state index is 13.9. The zero-order valence-corrected chi connectivity index (χ0v) is 24.9. The molecule has 200 valence electrons. The van der Waals surface area contributed by atoms with Crippen molar-refractivity contribution in [1.82, 2.24) is 4.90 Å². The third-order valence-electron chi connectivity index (χ3n) is 7.79. The van der Waals surface area contributed by atoms with E-state index >= 15 is 0 Å². The molecule has 1 amide bonds. The van der Waals surface area contributed by atoms with Gasteiger partial charge in [-0.05, 0) is 72.9 Å². The van der Waals surface area contributed by atoms with Gasteiger partial charge in [-0.15, -0.1) is 10.2 Å². The van der Waals surface area contributed by atoms with E-state index in [0.29, 0.717) is 5.56 Å². The number of amidine groups is 1. The van der Waals surface area contributed by atoms with Gasteiger partial charge < -0.3 is 15.3 Å². The van der Waals surface area contributed by atoms with Crippen LogP contribution in [0.1, 0.15) is 24.8 Å². The van der Waals surface area contributed by atoms with E-state index < -0.39 is 43.4 Å². The van der Waals surface area contributed by atoms with Crippen molar-refractivity contribution in [2.45, 2.75) is 36.7 Å². The summed E-state index contributed by atoms with van der Waals surface area (Å²) in [5, 5.41) is 16.6. The maximum absolute atomic E-state index is 13.9. The summed E-state index contributed by atoms with van der Waals surface area (Å²) in [6.45, 7) is 0.150. The number of amides is 1. The van der Waals surface area contributed by atoms with Crippen molar-refractivity contribution in [1.29, 1.82) is 0 Å². The average molecular weight is 583 g/mol. The minimum Gasteiger partial charge on any atom is -0.875 e. The summed E-state index contributed by atoms with van der Waals surface area (Å²) < 4.78 is 68.9. The van der Waals surface area contributed by atoms with Gasteiger partial charge in [0.05, 0.1) is 17.5 Å². The molecule has 14 heteroatoms. The summed E-state index contributed by atoms with van der Waals surface area (Å²) in [4.78, 5) is 15.2. The molecule has 2 aromatic rings. The van der Waals surface area contributed by atoms with Crippen molar-refractivity contribution in [2.24, 2.45) is 22.2 Å². The summed E-state index contributed by atoms with van der Waals surface area (Å²) in [6.07, 6.45) is 3.53. The van der Waals surface area contributed by atoms with E-state index in [1.54, 1.807) is 17.0 Å². The van der Waals surface area contributed by atoms with Crippen molar-refractivity contribution in [2.75, 3.05) is 16.3 Å². The Morgan fingerprint density at radius 1 is 1.15 bits per heavy atom. The first kappa shape index (κ1) is 28.1. The molecule has 6 rings (SSSR count). The molecule has 2 fully saturated rings. The number of nitrogens with zero attached hydrogens (tertiary/aromatic N) is 2. The molecule has 2 aliphatic carbocycles. The van der Waals surface area contributed by atoms with Crippen molar-refractivity contribution >= 4 is 43.2 Å². The maximum Gasteiger partial charge on any atom is 1.00 e. The first-order valence-corrected chi connectivity index (χ1v) is 15.5. The zero-order chi connectivity index (χ0) is 27.0. The van der Waals surface area contributed by atoms with Crippen molar-refractivity contribution in [3.8, 4) is 0 Å². The molecule has 2 bridgehead atoms. The quantitative estimate of drug-likeness (QED) is 0.420. The Balaban J connectivity index is 0.00000308. The molecule has 2 N–H and O–H groups in total. The third kappa shape index (κ3) is 4.99. The van der Waals surface area contributed by atoms with Crippen LogP contribution in [0.2, 0.25) is 0 Å². The van der Waals surface area contributed by atoms with Gasteiger partial charge in [0.1, 0.15) is 10.7 Å². The Hall–Kier alpha value is -2.45. The van der Waals surface area contributed by atoms with Crippen molar-refractivity contribution in [3.63, 3.8) is 0 Å². The summed E-state index contributed by atoms with van der Waals surface area (Å²) in [7, 11) is -8.03. The van der Waals surface area contributed by atoms with Crippen molar-refractivity contribution < 1.29 is 60.7 Å². The Morgan fingerprint density at radius 3 is 2.54 bits per heavy atom. The molecule has 0 saturated heterocycles. The first-order valence-electron chi connectivity index (χ1n) is 12.1. The number of sulfonamides is 2. The Bertz CT molecular complexity index is 1640. The van der Waals surface area contributed by atoms with Gasteiger partial charge in [0, 0.05) is 18.3 Å². The molecular formula is C25H24FN4NaO6S2. The summed E-state index contributed by atoms with van der Waals surface area (Å²) in [5.41, 5.74) is 0.483. The second-order valence-electron chi connectivity index (χ2n) is 10.3. The minimum atomic E-state index is -4.37. The van der Waals surface area contributed by atoms with Crippen LogP contribution >= 0.6 is 0 Å². The van der Waals surface area contributed by atoms with Gasteiger partial charge in [-0.2, -0.15) is 8.42 Å². The van der Waals surface area contributed by atoms with E-state index in [9.17, 15) is 31.1 Å². The van der Waals surface area contributed by atoms with Crippen LogP contribution in [0.25, 0.3) is 0 Å². The van der Waals surface area contributed by atoms with Crippen LogP contribution in [-0.2, 0) is 31.4 Å². The number of fused-ring (bicyclic) bond motifs is 6. The summed E-state index contributed by atoms with van der Waals surface area (Å²) >= 11 is 0. The molecule has 0 aromatic heterocycles. The molecule has 10 nitrogen and oxygen atoms in total. The van der Waals surface area contributed by atoms with Crippen LogP contribution in [0.5, 0.6) is 0 Å². The Morgan fingerprint density at radius 2 is 1.85 bits per heavy atom. The summed E-state index contributed by atoms with van der Waals surface area (Å²) in [5.74, 6) is -1.98. The number of benzene rings is 2. The first-order chi connectivity index (χ1) is 17.9. The van der Waals surface area contributed by atoms with E-state index in [2.05, 4.69) is 14.4 Å². The van der Waals surface area contributed by atoms with Gasteiger partial charge in [0.15, 0.2) is 5.84 Å². The van der Waals surface area contributed by atoms with Gasteiger partial charge in [-0.1, -0.05) is 12.1 Å². The van der Waals surface area contributed by atoms with Gasteiger partial charge >= 0.3 is 29.6 Å². The molecule has 0 radical (unpaired) electrons. The number of carbonyl (C=O) groups excluding carboxylic acids is 1. The monoisotopic (exact) mass is 582 g/mol. The number of anilines is 2. The van der Waals surface area contributed by atoms with Crippen LogP contribution < -0.4 is 44.7 Å². The summed E-state index contributed by atoms with van der Waals surface area (Å²) in [6, 6.07) is 9.32. The van der Waals surface area contributed by atoms with Crippen molar-refractivity contribution in [3.05, 3.63) is 65.2 Å². The fourth-order valence-corrected chi connectivity index (χ4v) is 8.06. The molecule has 0 spiro atoms. The number of hydrogen-bond acceptors (Lipinski definition) is 7. The molecule has 2 heterocycles. The van der Waals surface area contributed by atoms with E-state index in [-0.39, 0.29) is 81.7 Å². The largest absolute Gasteiger partial charge is 1.00 e. The minimum absolute atomic E-state index is 0. The van der Waals surface area contributed by atoms with Crippen LogP contribution in [0.15, 0.2) is 63.1 Å². The molecule has 2 saturated carbocycles. The van der Waals surface area contributed by atoms with Gasteiger partial charge in [-0.25, -0.2) is 12.8 Å². The second-order valence-corrected chi connectivity index (χ2v) is 13.6. The number of carbonyl (C=O) groups is 1. The topological polar surface area (TPSA) is 148 Å². The normalized spacial score (nSPS) is 26.8. The van der Waals surface area contributed by atoms with Gasteiger partial charge in [-0.3, -0.25) is 9.52 Å². The second kappa shape index (κ2) is 9.88. The fraction of sp³-hybridized carbons (Fsp3) is 0.360. The number of hydrogen-bond donors (Lipinski definition) is 2. The SMILES string of the molecule is CS(=O)(=O)Nc1ccc2c(c1)S(=O)(=O)N=C(C1=C([O-])C3C([C@H]4CC[C@@H]3C4)N(Cc3ccc(F)cc3)C1=O)N2.[Na+]. The number of halogens is 1. The predicted octanol–water partition coefficient (Wildman–Crippen LogP) is -1.21. The number of nitrogens with one attached hydrogen (secondary N) is 2. The van der Waals surface area contributed by atoms with E-state index in [1.165, 1.54) is 24.3 Å². The van der Waals surface area contributed by atoms with Crippen LogP contribution in [0, 0.1) is 23.6 Å². The zero-order valence-electron chi connectivity index (χ0n) is 21.2. The molecule has 2 aliphatic heterocycles. The fourth-order valence-electron chi connectivity index (χ4n) is 6.36. The van der Waals surface area contributed by atoms with E-state index in [0.717, 1.165) is 31.6 Å². The predicted molar refractivity (Wildman–Crippen MR) is 135 cm³/mol. The van der Waals surface area contributed by atoms with Gasteiger partial charge in [0.2, 0.25) is 10.0 Å². The molecule has 4 atom stereocenters. The van der Waals surface area contributed by atoms with E-state index in [1.807, 2.05) is 0 Å². The van der Waals surface area contributed by atoms with Crippen LogP contribution in [0.4, 0.5) is 15.8 Å². The van der Waals surface area contributed by atoms with Crippen LogP contribution in [-0.4, -0.2) is 45.8 Å². The molecule has 2 aromatic carbocycles. The molecular weight excluding hydrogens is 558 g/mol. The Labute approximate surface area is 247 Å². The van der Waals surface area contributed by atoms with Gasteiger partial charge in [0.25, 0.3) is 15.9 Å². The standard InChI is InChI=1S/C25H25FN4O6S2.Na/c1-37(33,34)28-17-8-9-18-19(11-17)38(35,36)29-24(27-18)21-23(31)20-14-4-5-15(10-14)22(20)30(25(21)32)12-13-2-6-16(26)7-3-13;/h2-3,6-9,11,14-15,20,22,28,31H,4-5,10,12H2,1H3,(H,27,29);/q;+1/p-1/t14-,15+,20?,22?;/m1./s1. The number of rotatable bonds is 5.